The molecule has 1 N–H and O–H groups in total. The smallest absolute Gasteiger partial charge is 0.275 e. The van der Waals surface area contributed by atoms with Crippen molar-refractivity contribution in [1.82, 2.24) is 14.4 Å². The van der Waals surface area contributed by atoms with Crippen molar-refractivity contribution in [3.63, 3.8) is 0 Å². The first kappa shape index (κ1) is 14.1. The van der Waals surface area contributed by atoms with Crippen molar-refractivity contribution >= 4 is 38.7 Å². The van der Waals surface area contributed by atoms with Crippen LogP contribution in [0.3, 0.4) is 0 Å². The Hall–Kier alpha value is -2.51. The predicted octanol–water partition coefficient (Wildman–Crippen LogP) is 4.08. The highest BCUT2D eigenvalue weighted by molar-refractivity contribution is 7.15. The van der Waals surface area contributed by atoms with Crippen molar-refractivity contribution in [3.8, 4) is 11.3 Å². The largest absolute Gasteiger partial charge is 0.297 e. The van der Waals surface area contributed by atoms with E-state index >= 15 is 0 Å². The molecule has 23 heavy (non-hydrogen) atoms. The molecule has 7 heteroatoms. The van der Waals surface area contributed by atoms with Crippen LogP contribution in [-0.2, 0) is 0 Å². The maximum atomic E-state index is 12.4. The first-order valence-corrected chi connectivity index (χ1v) is 8.71. The van der Waals surface area contributed by atoms with Crippen molar-refractivity contribution in [2.75, 3.05) is 5.32 Å². The van der Waals surface area contributed by atoms with Crippen LogP contribution in [0.5, 0.6) is 0 Å². The second kappa shape index (κ2) is 5.60. The number of amides is 1. The number of hydrogen-bond donors (Lipinski definition) is 1. The van der Waals surface area contributed by atoms with E-state index in [0.717, 1.165) is 16.2 Å². The standard InChI is InChI=1S/C16H12N4OS2/c1-10-2-4-11(5-3-10)12-8-20-13(9-23-16(20)18-12)14(21)19-15-17-6-7-22-15/h2-9H,1H3,(H,17,19,21). The summed E-state index contributed by atoms with van der Waals surface area (Å²) in [4.78, 5) is 21.9. The Balaban J connectivity index is 1.69. The van der Waals surface area contributed by atoms with E-state index in [4.69, 9.17) is 0 Å². The lowest BCUT2D eigenvalue weighted by molar-refractivity contribution is 0.102. The summed E-state index contributed by atoms with van der Waals surface area (Å²) in [5, 5.41) is 7.03. The van der Waals surface area contributed by atoms with Gasteiger partial charge in [0.15, 0.2) is 10.1 Å². The summed E-state index contributed by atoms with van der Waals surface area (Å²) in [7, 11) is 0. The predicted molar refractivity (Wildman–Crippen MR) is 93.3 cm³/mol. The van der Waals surface area contributed by atoms with E-state index in [1.54, 1.807) is 6.20 Å². The molecule has 114 valence electrons. The van der Waals surface area contributed by atoms with Gasteiger partial charge in [0.1, 0.15) is 5.69 Å². The van der Waals surface area contributed by atoms with Gasteiger partial charge >= 0.3 is 0 Å². The number of thiazole rings is 2. The molecule has 3 heterocycles. The van der Waals surface area contributed by atoms with Gasteiger partial charge < -0.3 is 0 Å². The molecule has 3 aromatic heterocycles. The number of carbonyl (C=O) groups is 1. The molecule has 0 aliphatic heterocycles. The highest BCUT2D eigenvalue weighted by atomic mass is 32.1. The molecule has 0 saturated heterocycles. The van der Waals surface area contributed by atoms with E-state index in [0.29, 0.717) is 10.8 Å². The molecule has 4 aromatic rings. The Morgan fingerprint density at radius 1 is 1.22 bits per heavy atom. The minimum atomic E-state index is -0.181. The van der Waals surface area contributed by atoms with Gasteiger partial charge in [-0.1, -0.05) is 29.8 Å². The number of benzene rings is 1. The van der Waals surface area contributed by atoms with Gasteiger partial charge in [0.05, 0.1) is 5.69 Å². The van der Waals surface area contributed by atoms with Gasteiger partial charge in [0, 0.05) is 28.7 Å². The number of anilines is 1. The fourth-order valence-corrected chi connectivity index (χ4v) is 3.63. The average Bonchev–Trinajstić information content (AvgIpc) is 3.23. The third kappa shape index (κ3) is 2.64. The second-order valence-electron chi connectivity index (χ2n) is 5.06. The molecule has 5 nitrogen and oxygen atoms in total. The fourth-order valence-electron chi connectivity index (χ4n) is 2.26. The molecule has 0 unspecified atom stereocenters. The molecular formula is C16H12N4OS2. The second-order valence-corrected chi connectivity index (χ2v) is 6.79. The molecule has 4 rings (SSSR count). The van der Waals surface area contributed by atoms with Gasteiger partial charge in [-0.3, -0.25) is 14.5 Å². The van der Waals surface area contributed by atoms with E-state index in [9.17, 15) is 4.79 Å². The molecule has 0 radical (unpaired) electrons. The van der Waals surface area contributed by atoms with E-state index in [1.165, 1.54) is 28.2 Å². The number of hydrogen-bond acceptors (Lipinski definition) is 5. The van der Waals surface area contributed by atoms with E-state index in [1.807, 2.05) is 33.5 Å². The van der Waals surface area contributed by atoms with Crippen LogP contribution in [0.2, 0.25) is 0 Å². The van der Waals surface area contributed by atoms with Gasteiger partial charge in [-0.2, -0.15) is 0 Å². The molecule has 1 aromatic carbocycles. The molecule has 0 saturated carbocycles. The zero-order valence-electron chi connectivity index (χ0n) is 12.2. The molecular weight excluding hydrogens is 328 g/mol. The maximum Gasteiger partial charge on any atom is 0.275 e. The number of rotatable bonds is 3. The summed E-state index contributed by atoms with van der Waals surface area (Å²) < 4.78 is 1.82. The number of nitrogens with one attached hydrogen (secondary N) is 1. The lowest BCUT2D eigenvalue weighted by Crippen LogP contribution is -2.13. The number of imidazole rings is 1. The molecule has 0 aliphatic rings. The van der Waals surface area contributed by atoms with Gasteiger partial charge in [0.25, 0.3) is 5.91 Å². The molecule has 0 aliphatic carbocycles. The van der Waals surface area contributed by atoms with Crippen LogP contribution < -0.4 is 5.32 Å². The van der Waals surface area contributed by atoms with Crippen LogP contribution in [0.15, 0.2) is 47.4 Å². The van der Waals surface area contributed by atoms with Crippen LogP contribution in [0.1, 0.15) is 16.1 Å². The molecule has 0 fully saturated rings. The maximum absolute atomic E-state index is 12.4. The SMILES string of the molecule is Cc1ccc(-c2cn3c(C(=O)Nc4nccs4)csc3n2)cc1. The summed E-state index contributed by atoms with van der Waals surface area (Å²) in [6.45, 7) is 2.05. The van der Waals surface area contributed by atoms with Gasteiger partial charge in [0.2, 0.25) is 0 Å². The van der Waals surface area contributed by atoms with Gasteiger partial charge in [-0.15, -0.1) is 22.7 Å². The zero-order valence-corrected chi connectivity index (χ0v) is 13.8. The molecule has 0 atom stereocenters. The van der Waals surface area contributed by atoms with Crippen LogP contribution in [-0.4, -0.2) is 20.3 Å². The lowest BCUT2D eigenvalue weighted by Gasteiger charge is -2.00. The van der Waals surface area contributed by atoms with Crippen LogP contribution >= 0.6 is 22.7 Å². The summed E-state index contributed by atoms with van der Waals surface area (Å²) in [5.74, 6) is -0.181. The van der Waals surface area contributed by atoms with Crippen LogP contribution in [0.25, 0.3) is 16.2 Å². The highest BCUT2D eigenvalue weighted by Crippen LogP contribution is 2.24. The third-order valence-electron chi connectivity index (χ3n) is 3.44. The molecule has 0 spiro atoms. The van der Waals surface area contributed by atoms with Crippen LogP contribution in [0.4, 0.5) is 5.13 Å². The number of fused-ring (bicyclic) bond motifs is 1. The number of nitrogens with zero attached hydrogens (tertiary/aromatic N) is 3. The van der Waals surface area contributed by atoms with Gasteiger partial charge in [-0.05, 0) is 6.92 Å². The van der Waals surface area contributed by atoms with E-state index < -0.39 is 0 Å². The van der Waals surface area contributed by atoms with Crippen molar-refractivity contribution < 1.29 is 4.79 Å². The summed E-state index contributed by atoms with van der Waals surface area (Å²) in [6.07, 6.45) is 3.56. The first-order chi connectivity index (χ1) is 11.2. The summed E-state index contributed by atoms with van der Waals surface area (Å²) in [6, 6.07) is 8.19. The number of aryl methyl sites for hydroxylation is 1. The quantitative estimate of drug-likeness (QED) is 0.611. The van der Waals surface area contributed by atoms with Crippen LogP contribution in [0, 0.1) is 6.92 Å². The Bertz CT molecular complexity index is 968. The monoisotopic (exact) mass is 340 g/mol. The fraction of sp³-hybridized carbons (Fsp3) is 0.0625. The van der Waals surface area contributed by atoms with Gasteiger partial charge in [-0.25, -0.2) is 9.97 Å². The summed E-state index contributed by atoms with van der Waals surface area (Å²) in [5.41, 5.74) is 3.67. The lowest BCUT2D eigenvalue weighted by atomic mass is 10.1. The third-order valence-corrected chi connectivity index (χ3v) is 4.97. The Morgan fingerprint density at radius 3 is 2.78 bits per heavy atom. The van der Waals surface area contributed by atoms with E-state index in [-0.39, 0.29) is 5.91 Å². The first-order valence-electron chi connectivity index (χ1n) is 6.95. The van der Waals surface area contributed by atoms with Crippen molar-refractivity contribution in [1.29, 1.82) is 0 Å². The topological polar surface area (TPSA) is 59.3 Å². The van der Waals surface area contributed by atoms with Crippen molar-refractivity contribution in [3.05, 3.63) is 58.7 Å². The molecule has 1 amide bonds. The Labute approximate surface area is 140 Å². The molecule has 0 bridgehead atoms. The summed E-state index contributed by atoms with van der Waals surface area (Å²) >= 11 is 2.84. The van der Waals surface area contributed by atoms with Crippen molar-refractivity contribution in [2.24, 2.45) is 0 Å². The highest BCUT2D eigenvalue weighted by Gasteiger charge is 2.16. The minimum absolute atomic E-state index is 0.181. The Kier molecular flexibility index (Phi) is 3.44. The number of aromatic nitrogens is 3. The zero-order chi connectivity index (χ0) is 15.8. The average molecular weight is 340 g/mol. The van der Waals surface area contributed by atoms with Crippen molar-refractivity contribution in [2.45, 2.75) is 6.92 Å². The Morgan fingerprint density at radius 2 is 2.04 bits per heavy atom. The van der Waals surface area contributed by atoms with E-state index in [2.05, 4.69) is 34.3 Å². The minimum Gasteiger partial charge on any atom is -0.297 e. The number of carbonyl (C=O) groups excluding carboxylic acids is 1. The normalized spacial score (nSPS) is 11.0.